The van der Waals surface area contributed by atoms with Crippen LogP contribution in [0.15, 0.2) is 62.2 Å². The third kappa shape index (κ3) is 5.37. The first kappa shape index (κ1) is 22.2. The van der Waals surface area contributed by atoms with Crippen LogP contribution in [0.3, 0.4) is 0 Å². The van der Waals surface area contributed by atoms with Gasteiger partial charge in [-0.2, -0.15) is 5.10 Å². The van der Waals surface area contributed by atoms with E-state index in [9.17, 15) is 35.5 Å². The number of carbonyl (C=O) groups excluding carboxylic acids is 1. The van der Waals surface area contributed by atoms with Crippen LogP contribution in [-0.2, 0) is 31.5 Å². The Bertz CT molecular complexity index is 1480. The number of para-hydroxylation sites is 2. The first-order valence-corrected chi connectivity index (χ1v) is 11.1. The van der Waals surface area contributed by atoms with Crippen molar-refractivity contribution in [2.24, 2.45) is 5.10 Å². The van der Waals surface area contributed by atoms with Crippen molar-refractivity contribution in [1.29, 1.82) is 0 Å². The minimum atomic E-state index is -5.15. The quantitative estimate of drug-likeness (QED) is 0.272. The van der Waals surface area contributed by atoms with E-state index in [1.54, 1.807) is 24.3 Å². The van der Waals surface area contributed by atoms with E-state index in [0.717, 1.165) is 18.3 Å². The summed E-state index contributed by atoms with van der Waals surface area (Å²) in [5.74, 6) is -0.769. The van der Waals surface area contributed by atoms with Crippen molar-refractivity contribution in [1.82, 2.24) is 15.4 Å². The molecule has 0 aliphatic heterocycles. The largest absolute Gasteiger partial charge is 0.744 e. The standard InChI is InChI=1S/C17H14N4O8S2/c22-16(8-14-17(23)20-13-4-2-1-3-12(13)19-14)21-18-9-10-5-6-11(30(24,25)26)7-15(10)31(27,28)29/h1-7,9H,8H2,(H,20,23)(H,21,22)(H,24,25,26)(H,27,28,29)/p-2/b18-9-. The number of hydrazone groups is 1. The lowest BCUT2D eigenvalue weighted by molar-refractivity contribution is -0.120. The van der Waals surface area contributed by atoms with Crippen LogP contribution in [0.1, 0.15) is 11.3 Å². The van der Waals surface area contributed by atoms with E-state index in [1.165, 1.54) is 0 Å². The molecule has 162 valence electrons. The number of nitrogens with one attached hydrogen (secondary N) is 2. The minimum absolute atomic E-state index is 0.0840. The number of rotatable bonds is 6. The van der Waals surface area contributed by atoms with E-state index in [2.05, 4.69) is 15.1 Å². The van der Waals surface area contributed by atoms with Gasteiger partial charge in [0.15, 0.2) is 0 Å². The lowest BCUT2D eigenvalue weighted by atomic mass is 10.2. The second-order valence-corrected chi connectivity index (χ2v) is 8.84. The van der Waals surface area contributed by atoms with Gasteiger partial charge in [0.05, 0.1) is 33.5 Å². The number of aromatic nitrogens is 2. The summed E-state index contributed by atoms with van der Waals surface area (Å²) in [4.78, 5) is 28.8. The van der Waals surface area contributed by atoms with Gasteiger partial charge < -0.3 is 14.1 Å². The molecule has 0 bridgehead atoms. The topological polar surface area (TPSA) is 202 Å². The SMILES string of the molecule is O=C(Cc1nc2ccccc2[nH]c1=O)N/N=C\c1ccc(S(=O)(=O)[O-])cc1S(=O)(=O)[O-]. The van der Waals surface area contributed by atoms with Crippen LogP contribution in [0.4, 0.5) is 0 Å². The Labute approximate surface area is 175 Å². The van der Waals surface area contributed by atoms with Gasteiger partial charge in [-0.25, -0.2) is 27.2 Å². The Morgan fingerprint density at radius 1 is 1.10 bits per heavy atom. The highest BCUT2D eigenvalue weighted by Crippen LogP contribution is 2.19. The van der Waals surface area contributed by atoms with Crippen LogP contribution in [0.2, 0.25) is 0 Å². The van der Waals surface area contributed by atoms with Crippen LogP contribution in [-0.4, -0.2) is 48.0 Å². The molecule has 0 aliphatic carbocycles. The number of amides is 1. The number of fused-ring (bicyclic) bond motifs is 1. The molecule has 0 unspecified atom stereocenters. The molecule has 14 heteroatoms. The lowest BCUT2D eigenvalue weighted by Crippen LogP contribution is -2.25. The van der Waals surface area contributed by atoms with Crippen molar-refractivity contribution >= 4 is 43.4 Å². The molecule has 2 N–H and O–H groups in total. The van der Waals surface area contributed by atoms with Gasteiger partial charge in [-0.3, -0.25) is 9.59 Å². The van der Waals surface area contributed by atoms with Crippen molar-refractivity contribution < 1.29 is 30.7 Å². The second kappa shape index (κ2) is 8.35. The van der Waals surface area contributed by atoms with Crippen LogP contribution in [0.5, 0.6) is 0 Å². The Kier molecular flexibility index (Phi) is 5.99. The molecule has 0 spiro atoms. The van der Waals surface area contributed by atoms with E-state index in [0.29, 0.717) is 17.1 Å². The molecule has 3 aromatic rings. The maximum Gasteiger partial charge on any atom is 0.270 e. The van der Waals surface area contributed by atoms with Gasteiger partial charge in [0.2, 0.25) is 5.91 Å². The van der Waals surface area contributed by atoms with E-state index in [4.69, 9.17) is 0 Å². The summed E-state index contributed by atoms with van der Waals surface area (Å²) in [6.45, 7) is 0. The second-order valence-electron chi connectivity index (χ2n) is 6.11. The van der Waals surface area contributed by atoms with E-state index in [1.807, 2.05) is 5.43 Å². The Balaban J connectivity index is 1.80. The van der Waals surface area contributed by atoms with Gasteiger partial charge in [0, 0.05) is 5.56 Å². The fourth-order valence-electron chi connectivity index (χ4n) is 2.55. The molecule has 12 nitrogen and oxygen atoms in total. The number of hydrogen-bond acceptors (Lipinski definition) is 10. The zero-order valence-electron chi connectivity index (χ0n) is 15.3. The highest BCUT2D eigenvalue weighted by atomic mass is 32.2. The number of aromatic amines is 1. The third-order valence-electron chi connectivity index (χ3n) is 3.93. The molecule has 2 aromatic carbocycles. The monoisotopic (exact) mass is 464 g/mol. The normalized spacial score (nSPS) is 12.3. The molecule has 0 saturated heterocycles. The molecule has 1 heterocycles. The zero-order valence-corrected chi connectivity index (χ0v) is 16.9. The number of hydrogen-bond donors (Lipinski definition) is 2. The molecular formula is C17H12N4O8S2-2. The molecule has 1 amide bonds. The third-order valence-corrected chi connectivity index (χ3v) is 5.66. The van der Waals surface area contributed by atoms with Crippen molar-refractivity contribution in [3.05, 3.63) is 64.1 Å². The number of carbonyl (C=O) groups is 1. The van der Waals surface area contributed by atoms with Gasteiger partial charge in [-0.1, -0.05) is 18.2 Å². The lowest BCUT2D eigenvalue weighted by Gasteiger charge is -2.14. The highest BCUT2D eigenvalue weighted by molar-refractivity contribution is 7.86. The van der Waals surface area contributed by atoms with Gasteiger partial charge >= 0.3 is 0 Å². The maximum atomic E-state index is 12.0. The Morgan fingerprint density at radius 2 is 1.81 bits per heavy atom. The molecular weight excluding hydrogens is 452 g/mol. The molecule has 0 saturated carbocycles. The molecule has 0 fully saturated rings. The average molecular weight is 464 g/mol. The van der Waals surface area contributed by atoms with Gasteiger partial charge in [-0.15, -0.1) is 0 Å². The summed E-state index contributed by atoms with van der Waals surface area (Å²) in [5, 5.41) is 3.50. The molecule has 0 aliphatic rings. The number of H-pyrrole nitrogens is 1. The van der Waals surface area contributed by atoms with Crippen molar-refractivity contribution in [2.75, 3.05) is 0 Å². The molecule has 1 aromatic heterocycles. The van der Waals surface area contributed by atoms with Crippen molar-refractivity contribution in [3.8, 4) is 0 Å². The summed E-state index contributed by atoms with van der Waals surface area (Å²) in [6, 6.07) is 8.76. The van der Waals surface area contributed by atoms with Crippen LogP contribution < -0.4 is 11.0 Å². The average Bonchev–Trinajstić information content (AvgIpc) is 2.67. The van der Waals surface area contributed by atoms with Crippen LogP contribution in [0.25, 0.3) is 11.0 Å². The van der Waals surface area contributed by atoms with Gasteiger partial charge in [-0.05, 0) is 24.3 Å². The molecule has 0 atom stereocenters. The summed E-state index contributed by atoms with van der Waals surface area (Å²) < 4.78 is 67.2. The maximum absolute atomic E-state index is 12.0. The predicted molar refractivity (Wildman–Crippen MR) is 104 cm³/mol. The fourth-order valence-corrected chi connectivity index (χ4v) is 3.80. The first-order chi connectivity index (χ1) is 14.4. The number of benzene rings is 2. The number of nitrogens with zero attached hydrogens (tertiary/aromatic N) is 2. The summed E-state index contributed by atoms with van der Waals surface area (Å²) in [5.41, 5.74) is 1.98. The fraction of sp³-hybridized carbons (Fsp3) is 0.0588. The summed E-state index contributed by atoms with van der Waals surface area (Å²) in [7, 11) is -10.2. The molecule has 31 heavy (non-hydrogen) atoms. The smallest absolute Gasteiger partial charge is 0.270 e. The van der Waals surface area contributed by atoms with E-state index < -0.39 is 47.9 Å². The van der Waals surface area contributed by atoms with Gasteiger partial charge in [0.1, 0.15) is 25.9 Å². The summed E-state index contributed by atoms with van der Waals surface area (Å²) in [6.07, 6.45) is 0.333. The van der Waals surface area contributed by atoms with Crippen molar-refractivity contribution in [3.63, 3.8) is 0 Å². The molecule has 0 radical (unpaired) electrons. The highest BCUT2D eigenvalue weighted by Gasteiger charge is 2.13. The first-order valence-electron chi connectivity index (χ1n) is 8.31. The Hall–Kier alpha value is -3.46. The van der Waals surface area contributed by atoms with Crippen LogP contribution >= 0.6 is 0 Å². The predicted octanol–water partition coefficient (Wildman–Crippen LogP) is -0.576. The van der Waals surface area contributed by atoms with Crippen LogP contribution in [0, 0.1) is 0 Å². The van der Waals surface area contributed by atoms with Gasteiger partial charge in [0.25, 0.3) is 5.56 Å². The molecule has 3 rings (SSSR count). The van der Waals surface area contributed by atoms with E-state index in [-0.39, 0.29) is 11.3 Å². The Morgan fingerprint density at radius 3 is 2.48 bits per heavy atom. The van der Waals surface area contributed by atoms with Crippen molar-refractivity contribution in [2.45, 2.75) is 16.2 Å². The zero-order chi connectivity index (χ0) is 22.8. The minimum Gasteiger partial charge on any atom is -0.744 e. The summed E-state index contributed by atoms with van der Waals surface area (Å²) >= 11 is 0. The van der Waals surface area contributed by atoms with E-state index >= 15 is 0 Å².